The third-order valence-corrected chi connectivity index (χ3v) is 1.88. The lowest BCUT2D eigenvalue weighted by molar-refractivity contribution is 1.53. The molecule has 0 radical (unpaired) electrons. The Balaban J connectivity index is 2.73. The fraction of sp³-hybridized carbons (Fsp3) is 0.167. The monoisotopic (exact) mass is 234 g/mol. The van der Waals surface area contributed by atoms with Crippen molar-refractivity contribution < 1.29 is 0 Å². The predicted octanol–water partition coefficient (Wildman–Crippen LogP) is 3.38. The van der Waals surface area contributed by atoms with Crippen LogP contribution < -0.4 is 0 Å². The topological polar surface area (TPSA) is 0 Å². The summed E-state index contributed by atoms with van der Waals surface area (Å²) in [4.78, 5) is 0. The average Bonchev–Trinajstić information content (AvgIpc) is 2.17. The molecule has 0 aliphatic heterocycles. The lowest BCUT2D eigenvalue weighted by atomic mass is 10.2. The lowest BCUT2D eigenvalue weighted by Gasteiger charge is -1.87. The molecule has 0 unspecified atom stereocenters. The Labute approximate surface area is 87.8 Å². The van der Waals surface area contributed by atoms with Gasteiger partial charge in [0.1, 0.15) is 0 Å². The second-order valence-electron chi connectivity index (χ2n) is 2.66. The van der Waals surface area contributed by atoms with E-state index in [1.165, 1.54) is 0 Å². The Morgan fingerprint density at radius 2 is 2.08 bits per heavy atom. The fourth-order valence-corrected chi connectivity index (χ4v) is 1.34. The van der Waals surface area contributed by atoms with Crippen LogP contribution in [0.25, 0.3) is 0 Å². The summed E-state index contributed by atoms with van der Waals surface area (Å²) in [5.41, 5.74) is 2.16. The van der Waals surface area contributed by atoms with Crippen LogP contribution in [0.3, 0.4) is 0 Å². The molecule has 0 fully saturated rings. The largest absolute Gasteiger partial charge is 0.0882 e. The Morgan fingerprint density at radius 3 is 2.69 bits per heavy atom. The SMILES string of the molecule is CC(C#Cc1ccccc1)=CCBr. The standard InChI is InChI=1S/C12H11Br/c1-11(9-10-13)7-8-12-5-3-2-4-6-12/h2-6,9H,10H2,1H3. The summed E-state index contributed by atoms with van der Waals surface area (Å²) >= 11 is 3.33. The van der Waals surface area contributed by atoms with E-state index in [-0.39, 0.29) is 0 Å². The van der Waals surface area contributed by atoms with E-state index in [2.05, 4.69) is 33.8 Å². The second-order valence-corrected chi connectivity index (χ2v) is 3.30. The Hall–Kier alpha value is -1.000. The molecule has 0 saturated heterocycles. The molecule has 0 spiro atoms. The van der Waals surface area contributed by atoms with Crippen molar-refractivity contribution in [2.45, 2.75) is 6.92 Å². The van der Waals surface area contributed by atoms with Gasteiger partial charge in [0.25, 0.3) is 0 Å². The zero-order chi connectivity index (χ0) is 9.52. The van der Waals surface area contributed by atoms with E-state index < -0.39 is 0 Å². The molecule has 1 aromatic rings. The molecule has 1 heteroatoms. The quantitative estimate of drug-likeness (QED) is 0.517. The summed E-state index contributed by atoms with van der Waals surface area (Å²) in [5, 5.41) is 0.863. The van der Waals surface area contributed by atoms with E-state index in [0.29, 0.717) is 0 Å². The summed E-state index contributed by atoms with van der Waals surface area (Å²) in [6.07, 6.45) is 2.05. The van der Waals surface area contributed by atoms with Crippen molar-refractivity contribution in [3.63, 3.8) is 0 Å². The lowest BCUT2D eigenvalue weighted by Crippen LogP contribution is -1.73. The van der Waals surface area contributed by atoms with Crippen molar-refractivity contribution in [3.05, 3.63) is 47.5 Å². The van der Waals surface area contributed by atoms with E-state index in [4.69, 9.17) is 0 Å². The fourth-order valence-electron chi connectivity index (χ4n) is 0.859. The van der Waals surface area contributed by atoms with Crippen molar-refractivity contribution in [1.29, 1.82) is 0 Å². The third-order valence-electron chi connectivity index (χ3n) is 1.56. The molecule has 0 amide bonds. The van der Waals surface area contributed by atoms with Crippen LogP contribution >= 0.6 is 15.9 Å². The van der Waals surface area contributed by atoms with Crippen LogP contribution in [0.2, 0.25) is 0 Å². The molecule has 0 aromatic heterocycles. The minimum absolute atomic E-state index is 0.863. The first-order valence-corrected chi connectivity index (χ1v) is 5.25. The molecule has 0 aliphatic rings. The molecule has 0 heterocycles. The van der Waals surface area contributed by atoms with Gasteiger partial charge in [0, 0.05) is 10.9 Å². The number of hydrogen-bond donors (Lipinski definition) is 0. The highest BCUT2D eigenvalue weighted by atomic mass is 79.9. The Kier molecular flexibility index (Phi) is 4.35. The maximum absolute atomic E-state index is 3.33. The van der Waals surface area contributed by atoms with Crippen molar-refractivity contribution in [2.24, 2.45) is 0 Å². The molecule has 0 nitrogen and oxygen atoms in total. The maximum Gasteiger partial charge on any atom is 0.0248 e. The first kappa shape index (κ1) is 10.1. The summed E-state index contributed by atoms with van der Waals surface area (Å²) in [5.74, 6) is 6.17. The van der Waals surface area contributed by atoms with Gasteiger partial charge in [0.2, 0.25) is 0 Å². The maximum atomic E-state index is 3.33. The summed E-state index contributed by atoms with van der Waals surface area (Å²) in [7, 11) is 0. The molecule has 0 N–H and O–H groups in total. The van der Waals surface area contributed by atoms with Crippen LogP contribution in [0.1, 0.15) is 12.5 Å². The number of halogens is 1. The van der Waals surface area contributed by atoms with Crippen LogP contribution in [-0.4, -0.2) is 5.33 Å². The van der Waals surface area contributed by atoms with Crippen molar-refractivity contribution in [3.8, 4) is 11.8 Å². The number of alkyl halides is 1. The highest BCUT2D eigenvalue weighted by molar-refractivity contribution is 9.09. The van der Waals surface area contributed by atoms with Crippen LogP contribution in [0.5, 0.6) is 0 Å². The van der Waals surface area contributed by atoms with Gasteiger partial charge < -0.3 is 0 Å². The first-order valence-electron chi connectivity index (χ1n) is 4.12. The van der Waals surface area contributed by atoms with Gasteiger partial charge in [-0.15, -0.1) is 0 Å². The normalized spacial score (nSPS) is 10.5. The Bertz CT molecular complexity index is 338. The highest BCUT2D eigenvalue weighted by Crippen LogP contribution is 1.97. The molecule has 0 bridgehead atoms. The molecule has 0 aliphatic carbocycles. The number of benzene rings is 1. The average molecular weight is 235 g/mol. The van der Waals surface area contributed by atoms with Gasteiger partial charge in [-0.25, -0.2) is 0 Å². The van der Waals surface area contributed by atoms with Gasteiger partial charge in [0.05, 0.1) is 0 Å². The van der Waals surface area contributed by atoms with E-state index in [1.54, 1.807) is 0 Å². The molecular formula is C12H11Br. The smallest absolute Gasteiger partial charge is 0.0248 e. The summed E-state index contributed by atoms with van der Waals surface area (Å²) < 4.78 is 0. The van der Waals surface area contributed by atoms with Gasteiger partial charge in [0.15, 0.2) is 0 Å². The zero-order valence-electron chi connectivity index (χ0n) is 7.55. The van der Waals surface area contributed by atoms with Crippen molar-refractivity contribution in [1.82, 2.24) is 0 Å². The van der Waals surface area contributed by atoms with Gasteiger partial charge in [-0.3, -0.25) is 0 Å². The van der Waals surface area contributed by atoms with E-state index >= 15 is 0 Å². The summed E-state index contributed by atoms with van der Waals surface area (Å²) in [6.45, 7) is 2.01. The van der Waals surface area contributed by atoms with Crippen molar-refractivity contribution >= 4 is 15.9 Å². The van der Waals surface area contributed by atoms with Crippen LogP contribution in [0, 0.1) is 11.8 Å². The summed E-state index contributed by atoms with van der Waals surface area (Å²) in [6, 6.07) is 10.00. The van der Waals surface area contributed by atoms with Gasteiger partial charge in [-0.1, -0.05) is 52.0 Å². The Morgan fingerprint density at radius 1 is 1.38 bits per heavy atom. The van der Waals surface area contributed by atoms with Gasteiger partial charge in [-0.05, 0) is 24.6 Å². The number of allylic oxidation sites excluding steroid dienone is 2. The molecule has 1 aromatic carbocycles. The molecule has 1 rings (SSSR count). The molecule has 13 heavy (non-hydrogen) atoms. The highest BCUT2D eigenvalue weighted by Gasteiger charge is 1.82. The molecular weight excluding hydrogens is 224 g/mol. The number of hydrogen-bond acceptors (Lipinski definition) is 0. The second kappa shape index (κ2) is 5.61. The number of rotatable bonds is 1. The van der Waals surface area contributed by atoms with Gasteiger partial charge >= 0.3 is 0 Å². The minimum atomic E-state index is 0.863. The van der Waals surface area contributed by atoms with Crippen LogP contribution in [0.4, 0.5) is 0 Å². The predicted molar refractivity (Wildman–Crippen MR) is 60.9 cm³/mol. The van der Waals surface area contributed by atoms with E-state index in [9.17, 15) is 0 Å². The van der Waals surface area contributed by atoms with E-state index in [1.807, 2.05) is 37.3 Å². The zero-order valence-corrected chi connectivity index (χ0v) is 9.14. The van der Waals surface area contributed by atoms with E-state index in [0.717, 1.165) is 16.5 Å². The van der Waals surface area contributed by atoms with Crippen molar-refractivity contribution in [2.75, 3.05) is 5.33 Å². The van der Waals surface area contributed by atoms with Crippen LogP contribution in [-0.2, 0) is 0 Å². The van der Waals surface area contributed by atoms with Crippen LogP contribution in [0.15, 0.2) is 42.0 Å². The first-order chi connectivity index (χ1) is 6.33. The third kappa shape index (κ3) is 3.96. The van der Waals surface area contributed by atoms with Gasteiger partial charge in [-0.2, -0.15) is 0 Å². The molecule has 0 saturated carbocycles. The molecule has 0 atom stereocenters. The minimum Gasteiger partial charge on any atom is -0.0882 e. The molecule has 66 valence electrons.